The minimum atomic E-state index is 0.128. The zero-order valence-corrected chi connectivity index (χ0v) is 10.4. The third-order valence-electron chi connectivity index (χ3n) is 2.69. The Morgan fingerprint density at radius 2 is 2.44 bits per heavy atom. The molecular weight excluding hydrogens is 236 g/mol. The molecule has 102 valence electrons. The maximum atomic E-state index is 8.72. The third-order valence-corrected chi connectivity index (χ3v) is 2.69. The average molecular weight is 256 g/mol. The number of aliphatic hydroxyl groups is 1. The van der Waals surface area contributed by atoms with Gasteiger partial charge in [0.15, 0.2) is 0 Å². The van der Waals surface area contributed by atoms with Crippen LogP contribution < -0.4 is 5.32 Å². The van der Waals surface area contributed by atoms with Crippen LogP contribution in [0.3, 0.4) is 0 Å². The highest BCUT2D eigenvalue weighted by Gasteiger charge is 2.13. The first kappa shape index (κ1) is 13.4. The van der Waals surface area contributed by atoms with Gasteiger partial charge in [-0.1, -0.05) is 5.21 Å². The molecule has 0 saturated carbocycles. The lowest BCUT2D eigenvalue weighted by molar-refractivity contribution is -0.0864. The van der Waals surface area contributed by atoms with Crippen molar-refractivity contribution in [3.8, 4) is 0 Å². The molecule has 1 aromatic rings. The number of ether oxygens (including phenoxy) is 2. The lowest BCUT2D eigenvalue weighted by atomic mass is 10.3. The van der Waals surface area contributed by atoms with E-state index in [0.29, 0.717) is 39.3 Å². The van der Waals surface area contributed by atoms with Gasteiger partial charge in [0.1, 0.15) is 0 Å². The van der Waals surface area contributed by atoms with Crippen molar-refractivity contribution in [2.24, 2.45) is 0 Å². The van der Waals surface area contributed by atoms with Crippen molar-refractivity contribution < 1.29 is 14.6 Å². The van der Waals surface area contributed by atoms with Gasteiger partial charge >= 0.3 is 0 Å². The highest BCUT2D eigenvalue weighted by atomic mass is 16.6. The molecule has 0 amide bonds. The maximum Gasteiger partial charge on any atom is 0.0964 e. The molecule has 2 heterocycles. The van der Waals surface area contributed by atoms with Crippen LogP contribution in [0.15, 0.2) is 6.20 Å². The summed E-state index contributed by atoms with van der Waals surface area (Å²) in [4.78, 5) is 0. The van der Waals surface area contributed by atoms with E-state index >= 15 is 0 Å². The van der Waals surface area contributed by atoms with Gasteiger partial charge in [0.2, 0.25) is 0 Å². The SMILES string of the molecule is OCCCn1cc(CNCC2COCCO2)nn1. The fourth-order valence-electron chi connectivity index (χ4n) is 1.78. The molecule has 0 bridgehead atoms. The van der Waals surface area contributed by atoms with Gasteiger partial charge in [-0.05, 0) is 6.42 Å². The Morgan fingerprint density at radius 1 is 1.50 bits per heavy atom. The molecule has 2 rings (SSSR count). The molecular formula is C11H20N4O3. The summed E-state index contributed by atoms with van der Waals surface area (Å²) in [5, 5.41) is 20.0. The summed E-state index contributed by atoms with van der Waals surface area (Å²) in [5.41, 5.74) is 0.893. The van der Waals surface area contributed by atoms with Crippen LogP contribution in [0.2, 0.25) is 0 Å². The number of nitrogens with zero attached hydrogens (tertiary/aromatic N) is 3. The van der Waals surface area contributed by atoms with E-state index in [9.17, 15) is 0 Å². The zero-order chi connectivity index (χ0) is 12.6. The van der Waals surface area contributed by atoms with Gasteiger partial charge < -0.3 is 19.9 Å². The Labute approximate surface area is 106 Å². The van der Waals surface area contributed by atoms with Crippen LogP contribution in [0, 0.1) is 0 Å². The van der Waals surface area contributed by atoms with Gasteiger partial charge in [0.25, 0.3) is 0 Å². The number of aromatic nitrogens is 3. The number of hydrogen-bond acceptors (Lipinski definition) is 6. The lowest BCUT2D eigenvalue weighted by Gasteiger charge is -2.22. The second-order valence-electron chi connectivity index (χ2n) is 4.25. The molecule has 1 atom stereocenters. The van der Waals surface area contributed by atoms with Crippen LogP contribution in [-0.2, 0) is 22.6 Å². The minimum Gasteiger partial charge on any atom is -0.396 e. The van der Waals surface area contributed by atoms with Crippen molar-refractivity contribution in [1.29, 1.82) is 0 Å². The van der Waals surface area contributed by atoms with Crippen LogP contribution in [0.25, 0.3) is 0 Å². The quantitative estimate of drug-likeness (QED) is 0.662. The van der Waals surface area contributed by atoms with Crippen LogP contribution in [-0.4, -0.2) is 59.2 Å². The first-order valence-corrected chi connectivity index (χ1v) is 6.28. The van der Waals surface area contributed by atoms with Gasteiger partial charge in [-0.3, -0.25) is 4.68 Å². The van der Waals surface area contributed by atoms with Crippen LogP contribution in [0.1, 0.15) is 12.1 Å². The topological polar surface area (TPSA) is 81.4 Å². The largest absolute Gasteiger partial charge is 0.396 e. The predicted octanol–water partition coefficient (Wildman–Crippen LogP) is -0.834. The van der Waals surface area contributed by atoms with Crippen LogP contribution in [0.5, 0.6) is 0 Å². The highest BCUT2D eigenvalue weighted by molar-refractivity contribution is 4.91. The van der Waals surface area contributed by atoms with E-state index in [1.54, 1.807) is 4.68 Å². The molecule has 2 N–H and O–H groups in total. The fraction of sp³-hybridized carbons (Fsp3) is 0.818. The molecule has 0 aliphatic carbocycles. The van der Waals surface area contributed by atoms with E-state index in [4.69, 9.17) is 14.6 Å². The predicted molar refractivity (Wildman–Crippen MR) is 64.0 cm³/mol. The Balaban J connectivity index is 1.64. The summed E-state index contributed by atoms with van der Waals surface area (Å²) in [6, 6.07) is 0. The molecule has 1 fully saturated rings. The Kier molecular flexibility index (Phi) is 5.53. The molecule has 7 nitrogen and oxygen atoms in total. The number of rotatable bonds is 7. The molecule has 1 saturated heterocycles. The molecule has 1 aliphatic rings. The second-order valence-corrected chi connectivity index (χ2v) is 4.25. The molecule has 1 unspecified atom stereocenters. The summed E-state index contributed by atoms with van der Waals surface area (Å²) in [5.74, 6) is 0. The van der Waals surface area contributed by atoms with E-state index in [2.05, 4.69) is 15.6 Å². The summed E-state index contributed by atoms with van der Waals surface area (Å²) in [6.07, 6.45) is 2.72. The fourth-order valence-corrected chi connectivity index (χ4v) is 1.78. The summed E-state index contributed by atoms with van der Waals surface area (Å²) in [6.45, 7) is 4.30. The van der Waals surface area contributed by atoms with E-state index < -0.39 is 0 Å². The van der Waals surface area contributed by atoms with E-state index in [0.717, 1.165) is 12.2 Å². The molecule has 0 spiro atoms. The first-order chi connectivity index (χ1) is 8.88. The molecule has 7 heteroatoms. The Morgan fingerprint density at radius 3 is 3.22 bits per heavy atom. The number of aliphatic hydroxyl groups excluding tert-OH is 1. The number of aryl methyl sites for hydroxylation is 1. The maximum absolute atomic E-state index is 8.72. The average Bonchev–Trinajstić information content (AvgIpc) is 2.85. The summed E-state index contributed by atoms with van der Waals surface area (Å²) in [7, 11) is 0. The van der Waals surface area contributed by atoms with Gasteiger partial charge in [-0.15, -0.1) is 5.10 Å². The standard InChI is InChI=1S/C11H20N4O3/c16-3-1-2-15-8-10(13-14-15)6-12-7-11-9-17-4-5-18-11/h8,11-12,16H,1-7,9H2. The van der Waals surface area contributed by atoms with Gasteiger partial charge in [0, 0.05) is 32.4 Å². The monoisotopic (exact) mass is 256 g/mol. The van der Waals surface area contributed by atoms with Gasteiger partial charge in [-0.2, -0.15) is 0 Å². The second kappa shape index (κ2) is 7.42. The Bertz CT molecular complexity index is 339. The minimum absolute atomic E-state index is 0.128. The molecule has 1 aliphatic heterocycles. The lowest BCUT2D eigenvalue weighted by Crippen LogP contribution is -2.37. The summed E-state index contributed by atoms with van der Waals surface area (Å²) < 4.78 is 12.6. The molecule has 0 radical (unpaired) electrons. The van der Waals surface area contributed by atoms with Gasteiger partial charge in [0.05, 0.1) is 31.6 Å². The number of hydrogen-bond donors (Lipinski definition) is 2. The van der Waals surface area contributed by atoms with Gasteiger partial charge in [-0.25, -0.2) is 0 Å². The highest BCUT2D eigenvalue weighted by Crippen LogP contribution is 2.00. The third kappa shape index (κ3) is 4.34. The van der Waals surface area contributed by atoms with Crippen molar-refractivity contribution in [2.75, 3.05) is 33.0 Å². The van der Waals surface area contributed by atoms with Crippen molar-refractivity contribution >= 4 is 0 Å². The normalized spacial score (nSPS) is 20.2. The van der Waals surface area contributed by atoms with Crippen LogP contribution >= 0.6 is 0 Å². The van der Waals surface area contributed by atoms with Crippen molar-refractivity contribution in [1.82, 2.24) is 20.3 Å². The van der Waals surface area contributed by atoms with E-state index in [-0.39, 0.29) is 12.7 Å². The molecule has 0 aromatic carbocycles. The molecule has 18 heavy (non-hydrogen) atoms. The zero-order valence-electron chi connectivity index (χ0n) is 10.4. The van der Waals surface area contributed by atoms with Crippen LogP contribution in [0.4, 0.5) is 0 Å². The Hall–Kier alpha value is -1.02. The van der Waals surface area contributed by atoms with Crippen molar-refractivity contribution in [3.63, 3.8) is 0 Å². The van der Waals surface area contributed by atoms with E-state index in [1.165, 1.54) is 0 Å². The smallest absolute Gasteiger partial charge is 0.0964 e. The van der Waals surface area contributed by atoms with Crippen molar-refractivity contribution in [3.05, 3.63) is 11.9 Å². The summed E-state index contributed by atoms with van der Waals surface area (Å²) >= 11 is 0. The molecule has 1 aromatic heterocycles. The van der Waals surface area contributed by atoms with E-state index in [1.807, 2.05) is 6.20 Å². The first-order valence-electron chi connectivity index (χ1n) is 6.28. The van der Waals surface area contributed by atoms with Crippen molar-refractivity contribution in [2.45, 2.75) is 25.6 Å². The number of nitrogens with one attached hydrogen (secondary N) is 1.